The van der Waals surface area contributed by atoms with E-state index in [9.17, 15) is 9.59 Å². The van der Waals surface area contributed by atoms with Gasteiger partial charge >= 0.3 is 0 Å². The van der Waals surface area contributed by atoms with Gasteiger partial charge in [-0.05, 0) is 31.0 Å². The molecule has 1 N–H and O–H groups in total. The van der Waals surface area contributed by atoms with Crippen molar-refractivity contribution in [2.45, 2.75) is 25.3 Å². The van der Waals surface area contributed by atoms with Gasteiger partial charge in [-0.1, -0.05) is 18.2 Å². The van der Waals surface area contributed by atoms with E-state index < -0.39 is 0 Å². The monoisotopic (exact) mass is 390 g/mol. The summed E-state index contributed by atoms with van der Waals surface area (Å²) in [4.78, 5) is 38.6. The Bertz CT molecular complexity index is 1060. The summed E-state index contributed by atoms with van der Waals surface area (Å²) in [5.41, 5.74) is 2.01. The van der Waals surface area contributed by atoms with E-state index in [2.05, 4.69) is 15.0 Å². The molecule has 7 nitrogen and oxygen atoms in total. The number of hydrogen-bond acceptors (Lipinski definition) is 5. The van der Waals surface area contributed by atoms with Gasteiger partial charge in [-0.15, -0.1) is 0 Å². The minimum absolute atomic E-state index is 0.00559. The van der Waals surface area contributed by atoms with E-state index in [1.54, 1.807) is 24.4 Å². The number of aromatic amines is 1. The molecule has 1 amide bonds. The van der Waals surface area contributed by atoms with Gasteiger partial charge < -0.3 is 14.6 Å². The lowest BCUT2D eigenvalue weighted by atomic mass is 10.1. The molecule has 1 unspecified atom stereocenters. The molecule has 0 radical (unpaired) electrons. The van der Waals surface area contributed by atoms with Gasteiger partial charge in [-0.3, -0.25) is 14.6 Å². The smallest absolute Gasteiger partial charge is 0.251 e. The lowest BCUT2D eigenvalue weighted by molar-refractivity contribution is -0.131. The van der Waals surface area contributed by atoms with Crippen LogP contribution in [0.25, 0.3) is 11.3 Å². The summed E-state index contributed by atoms with van der Waals surface area (Å²) in [6.07, 6.45) is 5.20. The first-order chi connectivity index (χ1) is 14.2. The zero-order chi connectivity index (χ0) is 20.2. The third-order valence-electron chi connectivity index (χ3n) is 5.16. The minimum atomic E-state index is -0.244. The number of carbonyl (C=O) groups excluding carboxylic acids is 1. The molecule has 0 spiro atoms. The first-order valence-electron chi connectivity index (χ1n) is 9.59. The van der Waals surface area contributed by atoms with Crippen LogP contribution in [0.3, 0.4) is 0 Å². The van der Waals surface area contributed by atoms with Crippen molar-refractivity contribution in [1.82, 2.24) is 19.9 Å². The van der Waals surface area contributed by atoms with Crippen LogP contribution in [0.1, 0.15) is 30.3 Å². The van der Waals surface area contributed by atoms with E-state index in [0.29, 0.717) is 23.8 Å². The van der Waals surface area contributed by atoms with E-state index in [-0.39, 0.29) is 23.9 Å². The lowest BCUT2D eigenvalue weighted by Crippen LogP contribution is -2.33. The number of nitrogens with zero attached hydrogens (tertiary/aromatic N) is 3. The molecular formula is C22H22N4O3. The molecule has 7 heteroatoms. The third-order valence-corrected chi connectivity index (χ3v) is 5.16. The predicted octanol–water partition coefficient (Wildman–Crippen LogP) is 2.75. The van der Waals surface area contributed by atoms with Crippen LogP contribution >= 0.6 is 0 Å². The number of hydrogen-bond donors (Lipinski definition) is 1. The van der Waals surface area contributed by atoms with Gasteiger partial charge in [-0.2, -0.15) is 0 Å². The SMILES string of the molecule is COc1ccccc1CC(=O)N1CCCC1c1nc(-c2ccncc2)cc(=O)[nH]1. The van der Waals surface area contributed by atoms with Crippen LogP contribution in [0, 0.1) is 0 Å². The van der Waals surface area contributed by atoms with Crippen molar-refractivity contribution in [1.29, 1.82) is 0 Å². The fourth-order valence-corrected chi connectivity index (χ4v) is 3.77. The quantitative estimate of drug-likeness (QED) is 0.724. The minimum Gasteiger partial charge on any atom is -0.496 e. The average Bonchev–Trinajstić information content (AvgIpc) is 3.24. The number of likely N-dealkylation sites (tertiary alicyclic amines) is 1. The summed E-state index contributed by atoms with van der Waals surface area (Å²) >= 11 is 0. The molecule has 1 fully saturated rings. The first kappa shape index (κ1) is 18.9. The van der Waals surface area contributed by atoms with Gasteiger partial charge in [0.25, 0.3) is 5.56 Å². The molecule has 1 saturated heterocycles. The topological polar surface area (TPSA) is 88.2 Å². The summed E-state index contributed by atoms with van der Waals surface area (Å²) in [5.74, 6) is 1.21. The molecule has 1 aliphatic heterocycles. The Morgan fingerprint density at radius 3 is 2.83 bits per heavy atom. The zero-order valence-corrected chi connectivity index (χ0v) is 16.2. The van der Waals surface area contributed by atoms with E-state index in [1.807, 2.05) is 36.4 Å². The normalized spacial score (nSPS) is 16.0. The number of ether oxygens (including phenoxy) is 1. The molecule has 0 bridgehead atoms. The second-order valence-corrected chi connectivity index (χ2v) is 6.99. The molecule has 2 aromatic heterocycles. The highest BCUT2D eigenvalue weighted by atomic mass is 16.5. The maximum atomic E-state index is 13.0. The molecule has 1 aliphatic rings. The van der Waals surface area contributed by atoms with Crippen molar-refractivity contribution < 1.29 is 9.53 Å². The highest BCUT2D eigenvalue weighted by molar-refractivity contribution is 5.80. The second kappa shape index (κ2) is 8.26. The molecular weight excluding hydrogens is 368 g/mol. The van der Waals surface area contributed by atoms with Crippen LogP contribution in [-0.2, 0) is 11.2 Å². The number of aromatic nitrogens is 3. The van der Waals surface area contributed by atoms with Gasteiger partial charge in [0, 0.05) is 36.1 Å². The molecule has 0 aliphatic carbocycles. The van der Waals surface area contributed by atoms with Crippen LogP contribution < -0.4 is 10.3 Å². The van der Waals surface area contributed by atoms with Gasteiger partial charge in [0.05, 0.1) is 25.3 Å². The summed E-state index contributed by atoms with van der Waals surface area (Å²) < 4.78 is 5.37. The molecule has 29 heavy (non-hydrogen) atoms. The number of pyridine rings is 1. The maximum Gasteiger partial charge on any atom is 0.251 e. The van der Waals surface area contributed by atoms with Crippen LogP contribution in [0.4, 0.5) is 0 Å². The zero-order valence-electron chi connectivity index (χ0n) is 16.2. The Balaban J connectivity index is 1.61. The molecule has 3 aromatic rings. The number of nitrogens with one attached hydrogen (secondary N) is 1. The second-order valence-electron chi connectivity index (χ2n) is 6.99. The van der Waals surface area contributed by atoms with Crippen LogP contribution in [0.5, 0.6) is 5.75 Å². The summed E-state index contributed by atoms with van der Waals surface area (Å²) in [6.45, 7) is 0.641. The molecule has 1 aromatic carbocycles. The number of rotatable bonds is 5. The van der Waals surface area contributed by atoms with Gasteiger partial charge in [0.2, 0.25) is 5.91 Å². The van der Waals surface area contributed by atoms with Crippen LogP contribution in [-0.4, -0.2) is 39.4 Å². The Morgan fingerprint density at radius 1 is 1.24 bits per heavy atom. The van der Waals surface area contributed by atoms with Crippen molar-refractivity contribution in [3.05, 3.63) is 76.6 Å². The van der Waals surface area contributed by atoms with E-state index >= 15 is 0 Å². The van der Waals surface area contributed by atoms with Gasteiger partial charge in [0.1, 0.15) is 11.6 Å². The Morgan fingerprint density at radius 2 is 2.03 bits per heavy atom. The fourth-order valence-electron chi connectivity index (χ4n) is 3.77. The molecule has 4 rings (SSSR count). The predicted molar refractivity (Wildman–Crippen MR) is 108 cm³/mol. The van der Waals surface area contributed by atoms with Gasteiger partial charge in [0.15, 0.2) is 0 Å². The highest BCUT2D eigenvalue weighted by Crippen LogP contribution is 2.31. The van der Waals surface area contributed by atoms with Gasteiger partial charge in [-0.25, -0.2) is 4.98 Å². The number of para-hydroxylation sites is 1. The Kier molecular flexibility index (Phi) is 5.37. The summed E-state index contributed by atoms with van der Waals surface area (Å²) in [5, 5.41) is 0. The summed E-state index contributed by atoms with van der Waals surface area (Å²) in [6, 6.07) is 12.4. The molecule has 1 atom stereocenters. The van der Waals surface area contributed by atoms with E-state index in [4.69, 9.17) is 4.74 Å². The van der Waals surface area contributed by atoms with Crippen LogP contribution in [0.15, 0.2) is 59.7 Å². The van der Waals surface area contributed by atoms with Crippen molar-refractivity contribution in [2.24, 2.45) is 0 Å². The van der Waals surface area contributed by atoms with Crippen molar-refractivity contribution in [2.75, 3.05) is 13.7 Å². The number of amides is 1. The third kappa shape index (κ3) is 4.03. The number of H-pyrrole nitrogens is 1. The molecule has 148 valence electrons. The largest absolute Gasteiger partial charge is 0.496 e. The van der Waals surface area contributed by atoms with Crippen molar-refractivity contribution >= 4 is 5.91 Å². The Hall–Kier alpha value is -3.48. The lowest BCUT2D eigenvalue weighted by Gasteiger charge is -2.24. The number of methoxy groups -OCH3 is 1. The standard InChI is InChI=1S/C22H22N4O3/c1-29-19-7-3-2-5-16(19)13-21(28)26-12-4-6-18(26)22-24-17(14-20(27)25-22)15-8-10-23-11-9-15/h2-3,5,7-11,14,18H,4,6,12-13H2,1H3,(H,24,25,27). The molecule has 3 heterocycles. The fraction of sp³-hybridized carbons (Fsp3) is 0.273. The first-order valence-corrected chi connectivity index (χ1v) is 9.59. The van der Waals surface area contributed by atoms with E-state index in [1.165, 1.54) is 6.07 Å². The van der Waals surface area contributed by atoms with Crippen molar-refractivity contribution in [3.8, 4) is 17.0 Å². The Labute approximate surface area is 168 Å². The number of benzene rings is 1. The molecule has 0 saturated carbocycles. The summed E-state index contributed by atoms with van der Waals surface area (Å²) in [7, 11) is 1.60. The maximum absolute atomic E-state index is 13.0. The van der Waals surface area contributed by atoms with Crippen molar-refractivity contribution in [3.63, 3.8) is 0 Å². The highest BCUT2D eigenvalue weighted by Gasteiger charge is 2.32. The van der Waals surface area contributed by atoms with E-state index in [0.717, 1.165) is 24.0 Å². The average molecular weight is 390 g/mol. The number of carbonyl (C=O) groups is 1. The van der Waals surface area contributed by atoms with Crippen LogP contribution in [0.2, 0.25) is 0 Å².